The molecule has 1 fully saturated rings. The van der Waals surface area contributed by atoms with Gasteiger partial charge in [0.2, 0.25) is 5.95 Å². The number of nitrogens with two attached hydrogens (primary N) is 1. The lowest BCUT2D eigenvalue weighted by atomic mass is 10.0. The number of methoxy groups -OCH3 is 2. The van der Waals surface area contributed by atoms with Crippen LogP contribution in [0.25, 0.3) is 21.3 Å². The van der Waals surface area contributed by atoms with Gasteiger partial charge in [0.05, 0.1) is 31.3 Å². The molecular weight excluding hydrogens is 500 g/mol. The molecule has 1 aliphatic rings. The summed E-state index contributed by atoms with van der Waals surface area (Å²) in [6.45, 7) is 1.91. The lowest BCUT2D eigenvalue weighted by Crippen LogP contribution is -2.42. The number of aromatic nitrogens is 4. The van der Waals surface area contributed by atoms with E-state index in [0.29, 0.717) is 39.8 Å². The molecule has 0 bridgehead atoms. The van der Waals surface area contributed by atoms with Gasteiger partial charge in [-0.25, -0.2) is 9.97 Å². The minimum Gasteiger partial charge on any atom is -0.497 e. The second-order valence-corrected chi connectivity index (χ2v) is 10.3. The molecule has 198 valence electrons. The van der Waals surface area contributed by atoms with Gasteiger partial charge in [-0.05, 0) is 63.3 Å². The summed E-state index contributed by atoms with van der Waals surface area (Å²) in [5.41, 5.74) is 10.5. The fraction of sp³-hybridized carbons (Fsp3) is 0.333. The minimum atomic E-state index is 0.418. The molecule has 5 rings (SSSR count). The molecule has 10 nitrogen and oxygen atoms in total. The molecule has 0 amide bonds. The summed E-state index contributed by atoms with van der Waals surface area (Å²) in [5, 5.41) is 13.5. The first-order chi connectivity index (χ1) is 18.4. The van der Waals surface area contributed by atoms with Crippen LogP contribution in [0.15, 0.2) is 48.7 Å². The van der Waals surface area contributed by atoms with E-state index in [9.17, 15) is 0 Å². The molecule has 0 aliphatic carbocycles. The molecule has 0 unspecified atom stereocenters. The zero-order valence-corrected chi connectivity index (χ0v) is 22.8. The van der Waals surface area contributed by atoms with Gasteiger partial charge < -0.3 is 30.3 Å². The van der Waals surface area contributed by atoms with Crippen molar-refractivity contribution in [1.29, 1.82) is 0 Å². The number of nitrogens with one attached hydrogen (secondary N) is 1. The van der Waals surface area contributed by atoms with Gasteiger partial charge in [0, 0.05) is 37.0 Å². The summed E-state index contributed by atoms with van der Waals surface area (Å²) in [6.07, 6.45) is 3.89. The molecule has 3 N–H and O–H groups in total. The highest BCUT2D eigenvalue weighted by Crippen LogP contribution is 2.38. The summed E-state index contributed by atoms with van der Waals surface area (Å²) < 4.78 is 10.9. The fourth-order valence-corrected chi connectivity index (χ4v) is 5.40. The molecule has 1 aliphatic heterocycles. The Labute approximate surface area is 226 Å². The van der Waals surface area contributed by atoms with Crippen LogP contribution >= 0.6 is 11.3 Å². The van der Waals surface area contributed by atoms with Crippen molar-refractivity contribution in [2.45, 2.75) is 18.9 Å². The van der Waals surface area contributed by atoms with Gasteiger partial charge in [0.1, 0.15) is 22.2 Å². The Kier molecular flexibility index (Phi) is 7.57. The Morgan fingerprint density at radius 1 is 1.00 bits per heavy atom. The largest absolute Gasteiger partial charge is 0.497 e. The zero-order chi connectivity index (χ0) is 26.6. The quantitative estimate of drug-likeness (QED) is 0.314. The van der Waals surface area contributed by atoms with Crippen LogP contribution in [0.2, 0.25) is 0 Å². The van der Waals surface area contributed by atoms with Crippen LogP contribution in [-0.4, -0.2) is 72.5 Å². The third kappa shape index (κ3) is 5.48. The van der Waals surface area contributed by atoms with Crippen molar-refractivity contribution in [1.82, 2.24) is 25.1 Å². The first kappa shape index (κ1) is 25.7. The average Bonchev–Trinajstić information content (AvgIpc) is 3.44. The lowest BCUT2D eigenvalue weighted by Gasteiger charge is -2.37. The normalized spacial score (nSPS) is 14.1. The first-order valence-electron chi connectivity index (χ1n) is 12.4. The summed E-state index contributed by atoms with van der Waals surface area (Å²) in [7, 11) is 7.57. The Hall–Kier alpha value is -3.96. The van der Waals surface area contributed by atoms with Crippen molar-refractivity contribution in [2.75, 3.05) is 57.4 Å². The monoisotopic (exact) mass is 532 g/mol. The molecule has 11 heteroatoms. The predicted octanol–water partition coefficient (Wildman–Crippen LogP) is 4.54. The van der Waals surface area contributed by atoms with Gasteiger partial charge in [0.15, 0.2) is 5.01 Å². The lowest BCUT2D eigenvalue weighted by molar-refractivity contribution is 0.249. The molecular formula is C27H32N8O2S. The maximum Gasteiger partial charge on any atom is 0.227 e. The van der Waals surface area contributed by atoms with Gasteiger partial charge >= 0.3 is 0 Å². The molecule has 0 radical (unpaired) electrons. The molecule has 0 spiro atoms. The maximum atomic E-state index is 6.51. The second kappa shape index (κ2) is 11.2. The molecule has 3 heterocycles. The van der Waals surface area contributed by atoms with Gasteiger partial charge in [-0.1, -0.05) is 11.3 Å². The van der Waals surface area contributed by atoms with Crippen LogP contribution < -0.4 is 25.4 Å². The van der Waals surface area contributed by atoms with E-state index in [1.54, 1.807) is 20.4 Å². The zero-order valence-electron chi connectivity index (χ0n) is 22.0. The molecule has 0 atom stereocenters. The standard InChI is InChI=1S/C27H32N8O2S/c1-34(2)18-10-13-35(14-11-18)23-16-24(37-4)22(15-20(23)28)31-27-29-12-9-21(30-27)26-33-32-25(38-26)17-5-7-19(36-3)8-6-17/h5-9,12,15-16,18H,10-11,13-14,28H2,1-4H3,(H,29,30,31). The van der Waals surface area contributed by atoms with E-state index in [1.807, 2.05) is 42.5 Å². The molecule has 1 saturated heterocycles. The first-order valence-corrected chi connectivity index (χ1v) is 13.2. The van der Waals surface area contributed by atoms with E-state index in [0.717, 1.165) is 47.9 Å². The Balaban J connectivity index is 1.34. The van der Waals surface area contributed by atoms with Crippen LogP contribution in [-0.2, 0) is 0 Å². The maximum absolute atomic E-state index is 6.51. The third-order valence-electron chi connectivity index (χ3n) is 6.77. The second-order valence-electron chi connectivity index (χ2n) is 9.32. The number of nitrogens with zero attached hydrogens (tertiary/aromatic N) is 6. The number of hydrogen-bond donors (Lipinski definition) is 2. The van der Waals surface area contributed by atoms with Crippen molar-refractivity contribution < 1.29 is 9.47 Å². The van der Waals surface area contributed by atoms with Crippen LogP contribution in [0.3, 0.4) is 0 Å². The Morgan fingerprint density at radius 3 is 2.42 bits per heavy atom. The topological polar surface area (TPSA) is 115 Å². The molecule has 2 aromatic heterocycles. The van der Waals surface area contributed by atoms with Gasteiger partial charge in [-0.15, -0.1) is 10.2 Å². The molecule has 0 saturated carbocycles. The summed E-state index contributed by atoms with van der Waals surface area (Å²) in [6, 6.07) is 14.0. The van der Waals surface area contributed by atoms with Crippen molar-refractivity contribution in [3.8, 4) is 32.8 Å². The Bertz CT molecular complexity index is 1380. The Morgan fingerprint density at radius 2 is 1.74 bits per heavy atom. The number of benzene rings is 2. The van der Waals surface area contributed by atoms with Crippen molar-refractivity contribution in [2.24, 2.45) is 0 Å². The van der Waals surface area contributed by atoms with E-state index >= 15 is 0 Å². The highest BCUT2D eigenvalue weighted by atomic mass is 32.1. The number of anilines is 4. The van der Waals surface area contributed by atoms with E-state index in [1.165, 1.54) is 11.3 Å². The number of ether oxygens (including phenoxy) is 2. The molecule has 2 aromatic carbocycles. The third-order valence-corrected chi connectivity index (χ3v) is 7.76. The van der Waals surface area contributed by atoms with Crippen LogP contribution in [0.4, 0.5) is 23.0 Å². The van der Waals surface area contributed by atoms with Crippen LogP contribution in [0.5, 0.6) is 11.5 Å². The summed E-state index contributed by atoms with van der Waals surface area (Å²) in [4.78, 5) is 13.7. The SMILES string of the molecule is COc1ccc(-c2nnc(-c3ccnc(Nc4cc(N)c(N5CCC(N(C)C)CC5)cc4OC)n3)s2)cc1. The van der Waals surface area contributed by atoms with Crippen LogP contribution in [0.1, 0.15) is 12.8 Å². The van der Waals surface area contributed by atoms with Gasteiger partial charge in [-0.3, -0.25) is 0 Å². The van der Waals surface area contributed by atoms with E-state index < -0.39 is 0 Å². The predicted molar refractivity (Wildman–Crippen MR) is 153 cm³/mol. The smallest absolute Gasteiger partial charge is 0.227 e. The highest BCUT2D eigenvalue weighted by Gasteiger charge is 2.23. The van der Waals surface area contributed by atoms with E-state index in [4.69, 9.17) is 15.2 Å². The van der Waals surface area contributed by atoms with Gasteiger partial charge in [0.25, 0.3) is 0 Å². The summed E-state index contributed by atoms with van der Waals surface area (Å²) >= 11 is 1.46. The number of nitrogen functional groups attached to an aromatic ring is 1. The minimum absolute atomic E-state index is 0.418. The number of piperidine rings is 1. The number of rotatable bonds is 8. The molecule has 38 heavy (non-hydrogen) atoms. The summed E-state index contributed by atoms with van der Waals surface area (Å²) in [5.74, 6) is 1.89. The molecule has 4 aromatic rings. The van der Waals surface area contributed by atoms with Crippen molar-refractivity contribution in [3.63, 3.8) is 0 Å². The highest BCUT2D eigenvalue weighted by molar-refractivity contribution is 7.17. The van der Waals surface area contributed by atoms with Gasteiger partial charge in [-0.2, -0.15) is 0 Å². The van der Waals surface area contributed by atoms with E-state index in [2.05, 4.69) is 49.4 Å². The van der Waals surface area contributed by atoms with Crippen molar-refractivity contribution >= 4 is 34.3 Å². The number of hydrogen-bond acceptors (Lipinski definition) is 11. The van der Waals surface area contributed by atoms with Crippen LogP contribution in [0, 0.1) is 0 Å². The van der Waals surface area contributed by atoms with E-state index in [-0.39, 0.29) is 0 Å². The van der Waals surface area contributed by atoms with Crippen molar-refractivity contribution in [3.05, 3.63) is 48.7 Å². The average molecular weight is 533 g/mol. The fourth-order valence-electron chi connectivity index (χ4n) is 4.58.